The van der Waals surface area contributed by atoms with Crippen LogP contribution in [0.15, 0.2) is 49.3 Å². The Morgan fingerprint density at radius 1 is 1.19 bits per heavy atom. The van der Waals surface area contributed by atoms with Crippen molar-refractivity contribution in [2.24, 2.45) is 5.92 Å². The summed E-state index contributed by atoms with van der Waals surface area (Å²) in [4.78, 5) is 42.3. The van der Waals surface area contributed by atoms with E-state index in [2.05, 4.69) is 34.0 Å². The van der Waals surface area contributed by atoms with Gasteiger partial charge in [-0.3, -0.25) is 4.79 Å². The van der Waals surface area contributed by atoms with E-state index in [0.29, 0.717) is 31.5 Å². The van der Waals surface area contributed by atoms with E-state index < -0.39 is 5.60 Å². The van der Waals surface area contributed by atoms with Gasteiger partial charge in [-0.1, -0.05) is 24.8 Å². The van der Waals surface area contributed by atoms with E-state index in [1.807, 2.05) is 62.0 Å². The molecule has 2 atom stereocenters. The number of aromatic amines is 1. The second-order valence-corrected chi connectivity index (χ2v) is 12.7. The Bertz CT molecular complexity index is 1420. The Hall–Kier alpha value is -3.88. The molecule has 2 aliphatic rings. The molecule has 42 heavy (non-hydrogen) atoms. The van der Waals surface area contributed by atoms with Crippen molar-refractivity contribution in [1.82, 2.24) is 24.8 Å². The van der Waals surface area contributed by atoms with Crippen molar-refractivity contribution in [2.75, 3.05) is 25.0 Å². The predicted molar refractivity (Wildman–Crippen MR) is 166 cm³/mol. The Morgan fingerprint density at radius 2 is 1.95 bits per heavy atom. The van der Waals surface area contributed by atoms with Crippen molar-refractivity contribution < 1.29 is 14.3 Å². The monoisotopic (exact) mass is 572 g/mol. The zero-order chi connectivity index (χ0) is 29.9. The first-order valence-corrected chi connectivity index (χ1v) is 15.2. The van der Waals surface area contributed by atoms with Crippen LogP contribution < -0.4 is 5.32 Å². The van der Waals surface area contributed by atoms with Crippen LogP contribution in [0.3, 0.4) is 0 Å². The summed E-state index contributed by atoms with van der Waals surface area (Å²) in [5.41, 5.74) is 3.50. The van der Waals surface area contributed by atoms with Gasteiger partial charge < -0.3 is 24.8 Å². The molecule has 1 aliphatic heterocycles. The number of amides is 2. The Kier molecular flexibility index (Phi) is 8.85. The van der Waals surface area contributed by atoms with E-state index in [0.717, 1.165) is 66.2 Å². The average Bonchev–Trinajstić information content (AvgIpc) is 3.40. The number of nitrogens with one attached hydrogen (secondary N) is 2. The number of hydrogen-bond donors (Lipinski definition) is 2. The average molecular weight is 573 g/mol. The number of aryl methyl sites for hydroxylation is 1. The van der Waals surface area contributed by atoms with Crippen LogP contribution in [0.1, 0.15) is 64.9 Å². The molecule has 1 aromatic carbocycles. The minimum absolute atomic E-state index is 0.0233. The predicted octanol–water partition coefficient (Wildman–Crippen LogP) is 6.32. The fourth-order valence-electron chi connectivity index (χ4n) is 6.25. The first-order chi connectivity index (χ1) is 20.1. The lowest BCUT2D eigenvalue weighted by atomic mass is 9.88. The number of ether oxygens (including phenoxy) is 1. The van der Waals surface area contributed by atoms with E-state index in [-0.39, 0.29) is 24.1 Å². The molecule has 2 fully saturated rings. The van der Waals surface area contributed by atoms with Crippen molar-refractivity contribution in [1.29, 1.82) is 0 Å². The number of likely N-dealkylation sites (tertiary alicyclic amines) is 1. The molecule has 9 nitrogen and oxygen atoms in total. The summed E-state index contributed by atoms with van der Waals surface area (Å²) in [6, 6.07) is 8.43. The molecule has 1 saturated heterocycles. The zero-order valence-corrected chi connectivity index (χ0v) is 25.4. The topological polar surface area (TPSA) is 103 Å². The molecular weight excluding hydrogens is 528 g/mol. The molecule has 1 unspecified atom stereocenters. The van der Waals surface area contributed by atoms with Gasteiger partial charge in [0.15, 0.2) is 0 Å². The van der Waals surface area contributed by atoms with Crippen molar-refractivity contribution in [2.45, 2.75) is 83.9 Å². The number of para-hydroxylation sites is 1. The SMILES string of the molecule is C=CC(=O)N1CCC(CN(C(=O)OC(C)(C)C)C2CCC[C@@H](Nc3ncc(C)c(-c4c[nH]c5ccccc45)n3)C2)CC1. The van der Waals surface area contributed by atoms with Crippen LogP contribution in [0.5, 0.6) is 0 Å². The lowest BCUT2D eigenvalue weighted by Gasteiger charge is -2.41. The first kappa shape index (κ1) is 29.6. The van der Waals surface area contributed by atoms with Crippen LogP contribution in [0.25, 0.3) is 22.2 Å². The van der Waals surface area contributed by atoms with Gasteiger partial charge >= 0.3 is 6.09 Å². The second kappa shape index (κ2) is 12.5. The van der Waals surface area contributed by atoms with Crippen LogP contribution in [-0.4, -0.2) is 74.1 Å². The smallest absolute Gasteiger partial charge is 0.410 e. The lowest BCUT2D eigenvalue weighted by molar-refractivity contribution is -0.127. The number of carbonyl (C=O) groups excluding carboxylic acids is 2. The number of piperidine rings is 1. The highest BCUT2D eigenvalue weighted by molar-refractivity contribution is 5.95. The third kappa shape index (κ3) is 6.94. The number of H-pyrrole nitrogens is 1. The highest BCUT2D eigenvalue weighted by atomic mass is 16.6. The number of carbonyl (C=O) groups is 2. The van der Waals surface area contributed by atoms with Gasteiger partial charge in [-0.25, -0.2) is 14.8 Å². The summed E-state index contributed by atoms with van der Waals surface area (Å²) in [7, 11) is 0. The third-order valence-corrected chi connectivity index (χ3v) is 8.42. The quantitative estimate of drug-likeness (QED) is 0.321. The number of rotatable bonds is 7. The van der Waals surface area contributed by atoms with Crippen LogP contribution in [0, 0.1) is 12.8 Å². The van der Waals surface area contributed by atoms with Gasteiger partial charge in [-0.15, -0.1) is 0 Å². The maximum absolute atomic E-state index is 13.5. The molecule has 224 valence electrons. The van der Waals surface area contributed by atoms with Crippen molar-refractivity contribution in [3.05, 3.63) is 54.9 Å². The largest absolute Gasteiger partial charge is 0.444 e. The van der Waals surface area contributed by atoms with Crippen LogP contribution in [-0.2, 0) is 9.53 Å². The summed E-state index contributed by atoms with van der Waals surface area (Å²) < 4.78 is 5.89. The van der Waals surface area contributed by atoms with Crippen LogP contribution in [0.2, 0.25) is 0 Å². The maximum Gasteiger partial charge on any atom is 0.410 e. The Balaban J connectivity index is 1.30. The molecule has 1 saturated carbocycles. The van der Waals surface area contributed by atoms with Gasteiger partial charge in [0, 0.05) is 60.6 Å². The summed E-state index contributed by atoms with van der Waals surface area (Å²) in [5, 5.41) is 4.73. The fraction of sp³-hybridized carbons (Fsp3) is 0.515. The van der Waals surface area contributed by atoms with E-state index in [4.69, 9.17) is 9.72 Å². The number of benzene rings is 1. The molecule has 2 N–H and O–H groups in total. The van der Waals surface area contributed by atoms with E-state index in [9.17, 15) is 9.59 Å². The van der Waals surface area contributed by atoms with Crippen LogP contribution in [0.4, 0.5) is 10.7 Å². The second-order valence-electron chi connectivity index (χ2n) is 12.7. The summed E-state index contributed by atoms with van der Waals surface area (Å²) in [6.45, 7) is 13.4. The molecule has 2 amide bonds. The van der Waals surface area contributed by atoms with Crippen LogP contribution >= 0.6 is 0 Å². The molecule has 2 aromatic heterocycles. The summed E-state index contributed by atoms with van der Waals surface area (Å²) in [6.07, 6.45) is 10.4. The van der Waals surface area contributed by atoms with Crippen molar-refractivity contribution in [3.63, 3.8) is 0 Å². The van der Waals surface area contributed by atoms with Gasteiger partial charge in [0.25, 0.3) is 0 Å². The highest BCUT2D eigenvalue weighted by Crippen LogP contribution is 2.32. The Morgan fingerprint density at radius 3 is 2.69 bits per heavy atom. The summed E-state index contributed by atoms with van der Waals surface area (Å²) in [5.74, 6) is 0.901. The lowest BCUT2D eigenvalue weighted by Crippen LogP contribution is -2.50. The number of hydrogen-bond acceptors (Lipinski definition) is 6. The van der Waals surface area contributed by atoms with Gasteiger partial charge in [0.05, 0.1) is 5.69 Å². The maximum atomic E-state index is 13.5. The number of anilines is 1. The highest BCUT2D eigenvalue weighted by Gasteiger charge is 2.35. The van der Waals surface area contributed by atoms with Gasteiger partial charge in [0.2, 0.25) is 11.9 Å². The van der Waals surface area contributed by atoms with Gasteiger partial charge in [-0.05, 0) is 89.8 Å². The molecule has 5 rings (SSSR count). The Labute approximate surface area is 248 Å². The minimum atomic E-state index is -0.573. The fourth-order valence-corrected chi connectivity index (χ4v) is 6.25. The molecule has 0 spiro atoms. The van der Waals surface area contributed by atoms with Crippen molar-refractivity contribution >= 4 is 28.9 Å². The third-order valence-electron chi connectivity index (χ3n) is 8.42. The van der Waals surface area contributed by atoms with E-state index >= 15 is 0 Å². The molecular formula is C33H44N6O3. The number of aromatic nitrogens is 3. The van der Waals surface area contributed by atoms with Gasteiger partial charge in [0.1, 0.15) is 5.60 Å². The molecule has 1 aliphatic carbocycles. The van der Waals surface area contributed by atoms with Crippen molar-refractivity contribution in [3.8, 4) is 11.3 Å². The summed E-state index contributed by atoms with van der Waals surface area (Å²) >= 11 is 0. The molecule has 9 heteroatoms. The standard InChI is InChI=1S/C33H44N6O3/c1-6-29(40)38-16-14-23(15-17-38)21-39(32(41)42-33(3,4)5)25-11-9-10-24(18-25)36-31-35-19-22(2)30(37-31)27-20-34-28-13-8-7-12-26(27)28/h6-8,12-13,19-20,23-25,34H,1,9-11,14-18,21H2,2-5H3,(H,35,36,37)/t24-,25?/m1/s1. The molecule has 3 aromatic rings. The normalized spacial score (nSPS) is 19.9. The van der Waals surface area contributed by atoms with E-state index in [1.54, 1.807) is 0 Å². The number of nitrogens with zero attached hydrogens (tertiary/aromatic N) is 4. The zero-order valence-electron chi connectivity index (χ0n) is 25.4. The van der Waals surface area contributed by atoms with E-state index in [1.165, 1.54) is 6.08 Å². The molecule has 0 bridgehead atoms. The first-order valence-electron chi connectivity index (χ1n) is 15.2. The molecule has 3 heterocycles. The number of fused-ring (bicyclic) bond motifs is 1. The molecule has 0 radical (unpaired) electrons. The minimum Gasteiger partial charge on any atom is -0.444 e. The van der Waals surface area contributed by atoms with Gasteiger partial charge in [-0.2, -0.15) is 0 Å².